The van der Waals surface area contributed by atoms with Crippen molar-refractivity contribution in [1.29, 1.82) is 0 Å². The molecule has 29 heavy (non-hydrogen) atoms. The Morgan fingerprint density at radius 2 is 1.83 bits per heavy atom. The molecule has 3 unspecified atom stereocenters. The van der Waals surface area contributed by atoms with Gasteiger partial charge in [-0.25, -0.2) is 9.97 Å². The van der Waals surface area contributed by atoms with Gasteiger partial charge in [-0.1, -0.05) is 36.6 Å². The summed E-state index contributed by atoms with van der Waals surface area (Å²) in [5, 5.41) is 0.821. The number of piperidine rings is 1. The first-order valence-electron chi connectivity index (χ1n) is 10.9. The Labute approximate surface area is 178 Å². The molecule has 1 aromatic heterocycles. The van der Waals surface area contributed by atoms with E-state index in [0.29, 0.717) is 18.0 Å². The van der Waals surface area contributed by atoms with E-state index < -0.39 is 0 Å². The number of nitrogens with zero attached hydrogens (tertiary/aromatic N) is 3. The number of hydrogen-bond donors (Lipinski definition) is 2. The summed E-state index contributed by atoms with van der Waals surface area (Å²) in [7, 11) is 0. The number of aromatic nitrogens is 2. The van der Waals surface area contributed by atoms with E-state index in [9.17, 15) is 0 Å². The molecule has 3 atom stereocenters. The Kier molecular flexibility index (Phi) is 5.33. The molecule has 5 nitrogen and oxygen atoms in total. The minimum absolute atomic E-state index is 0.201. The van der Waals surface area contributed by atoms with Gasteiger partial charge in [-0.3, -0.25) is 15.8 Å². The summed E-state index contributed by atoms with van der Waals surface area (Å²) < 4.78 is 0. The van der Waals surface area contributed by atoms with Crippen molar-refractivity contribution in [3.8, 4) is 0 Å². The van der Waals surface area contributed by atoms with Crippen molar-refractivity contribution in [2.24, 2.45) is 5.92 Å². The lowest BCUT2D eigenvalue weighted by atomic mass is 9.67. The SMILES string of the molecule is Cc1ncc(CN2CCC3NNC(C4(c5ccc(Cl)cc5)CCCC4)C3C2)cn1. The van der Waals surface area contributed by atoms with Crippen LogP contribution in [0.2, 0.25) is 5.02 Å². The molecule has 2 saturated heterocycles. The van der Waals surface area contributed by atoms with Crippen molar-refractivity contribution >= 4 is 11.6 Å². The second-order valence-electron chi connectivity index (χ2n) is 9.07. The van der Waals surface area contributed by atoms with Crippen LogP contribution in [0, 0.1) is 12.8 Å². The van der Waals surface area contributed by atoms with Gasteiger partial charge in [0.1, 0.15) is 5.82 Å². The van der Waals surface area contributed by atoms with Crippen molar-refractivity contribution in [3.63, 3.8) is 0 Å². The highest BCUT2D eigenvalue weighted by Gasteiger charge is 2.52. The molecule has 2 aromatic rings. The van der Waals surface area contributed by atoms with Gasteiger partial charge in [-0.2, -0.15) is 0 Å². The van der Waals surface area contributed by atoms with Crippen LogP contribution in [0.1, 0.15) is 49.1 Å². The first-order chi connectivity index (χ1) is 14.1. The lowest BCUT2D eigenvalue weighted by Crippen LogP contribution is -2.52. The maximum absolute atomic E-state index is 6.20. The number of halogens is 1. The van der Waals surface area contributed by atoms with Gasteiger partial charge in [0.05, 0.1) is 0 Å². The number of nitrogens with one attached hydrogen (secondary N) is 2. The zero-order valence-electron chi connectivity index (χ0n) is 17.1. The maximum Gasteiger partial charge on any atom is 0.125 e. The molecule has 3 aliphatic rings. The van der Waals surface area contributed by atoms with Gasteiger partial charge < -0.3 is 0 Å². The Morgan fingerprint density at radius 3 is 2.55 bits per heavy atom. The molecule has 2 aliphatic heterocycles. The van der Waals surface area contributed by atoms with E-state index in [1.807, 2.05) is 19.3 Å². The van der Waals surface area contributed by atoms with Gasteiger partial charge in [0.15, 0.2) is 0 Å². The largest absolute Gasteiger partial charge is 0.299 e. The molecule has 5 rings (SSSR count). The molecular weight excluding hydrogens is 382 g/mol. The fraction of sp³-hybridized carbons (Fsp3) is 0.565. The Balaban J connectivity index is 1.37. The van der Waals surface area contributed by atoms with Gasteiger partial charge in [0.25, 0.3) is 0 Å². The van der Waals surface area contributed by atoms with Gasteiger partial charge in [0, 0.05) is 66.0 Å². The van der Waals surface area contributed by atoms with Gasteiger partial charge in [-0.05, 0) is 43.9 Å². The highest BCUT2D eigenvalue weighted by atomic mass is 35.5. The molecule has 3 heterocycles. The van der Waals surface area contributed by atoms with Gasteiger partial charge in [0.2, 0.25) is 0 Å². The molecule has 0 spiro atoms. The number of likely N-dealkylation sites (tertiary alicyclic amines) is 1. The molecule has 0 bridgehead atoms. The third-order valence-corrected chi connectivity index (χ3v) is 7.60. The third-order valence-electron chi connectivity index (χ3n) is 7.35. The Bertz CT molecular complexity index is 831. The van der Waals surface area contributed by atoms with Crippen LogP contribution in [0.25, 0.3) is 0 Å². The lowest BCUT2D eigenvalue weighted by Gasteiger charge is -2.43. The smallest absolute Gasteiger partial charge is 0.125 e. The molecule has 1 aliphatic carbocycles. The van der Waals surface area contributed by atoms with E-state index in [0.717, 1.165) is 30.5 Å². The van der Waals surface area contributed by atoms with Crippen molar-refractivity contribution < 1.29 is 0 Å². The highest BCUT2D eigenvalue weighted by molar-refractivity contribution is 6.30. The van der Waals surface area contributed by atoms with E-state index in [-0.39, 0.29) is 5.41 Å². The van der Waals surface area contributed by atoms with Gasteiger partial charge in [-0.15, -0.1) is 0 Å². The minimum atomic E-state index is 0.201. The van der Waals surface area contributed by atoms with E-state index in [1.165, 1.54) is 43.2 Å². The second-order valence-corrected chi connectivity index (χ2v) is 9.51. The topological polar surface area (TPSA) is 53.1 Å². The predicted molar refractivity (Wildman–Crippen MR) is 116 cm³/mol. The number of aryl methyl sites for hydroxylation is 1. The molecule has 1 aromatic carbocycles. The zero-order chi connectivity index (χ0) is 19.8. The van der Waals surface area contributed by atoms with Crippen molar-refractivity contribution in [2.45, 2.75) is 63.1 Å². The highest BCUT2D eigenvalue weighted by Crippen LogP contribution is 2.48. The summed E-state index contributed by atoms with van der Waals surface area (Å²) in [5.74, 6) is 1.44. The number of hydrazine groups is 1. The molecular formula is C23H30ClN5. The first kappa shape index (κ1) is 19.4. The molecule has 3 fully saturated rings. The summed E-state index contributed by atoms with van der Waals surface area (Å²) >= 11 is 6.20. The van der Waals surface area contributed by atoms with Crippen molar-refractivity contribution in [1.82, 2.24) is 25.7 Å². The quantitative estimate of drug-likeness (QED) is 0.804. The fourth-order valence-electron chi connectivity index (χ4n) is 5.89. The van der Waals surface area contributed by atoms with E-state index in [1.54, 1.807) is 0 Å². The Morgan fingerprint density at radius 1 is 1.10 bits per heavy atom. The van der Waals surface area contributed by atoms with Crippen LogP contribution >= 0.6 is 11.6 Å². The van der Waals surface area contributed by atoms with Gasteiger partial charge >= 0.3 is 0 Å². The number of rotatable bonds is 4. The minimum Gasteiger partial charge on any atom is -0.299 e. The van der Waals surface area contributed by atoms with E-state index in [4.69, 9.17) is 11.6 Å². The van der Waals surface area contributed by atoms with Crippen LogP contribution in [0.15, 0.2) is 36.7 Å². The second kappa shape index (κ2) is 7.95. The third kappa shape index (κ3) is 3.70. The fourth-order valence-corrected chi connectivity index (χ4v) is 6.02. The van der Waals surface area contributed by atoms with E-state index in [2.05, 4.69) is 50.0 Å². The number of fused-ring (bicyclic) bond motifs is 1. The molecule has 6 heteroatoms. The first-order valence-corrected chi connectivity index (χ1v) is 11.3. The van der Waals surface area contributed by atoms with Crippen LogP contribution in [0.5, 0.6) is 0 Å². The average molecular weight is 412 g/mol. The van der Waals surface area contributed by atoms with Crippen molar-refractivity contribution in [2.75, 3.05) is 13.1 Å². The summed E-state index contributed by atoms with van der Waals surface area (Å²) in [6.07, 6.45) is 10.3. The average Bonchev–Trinajstić information content (AvgIpc) is 3.38. The summed E-state index contributed by atoms with van der Waals surface area (Å²) in [4.78, 5) is 11.3. The maximum atomic E-state index is 6.20. The Hall–Kier alpha value is -1.53. The van der Waals surface area contributed by atoms with Crippen LogP contribution in [-0.2, 0) is 12.0 Å². The molecule has 154 valence electrons. The molecule has 2 N–H and O–H groups in total. The monoisotopic (exact) mass is 411 g/mol. The molecule has 1 saturated carbocycles. The van der Waals surface area contributed by atoms with Crippen LogP contribution in [0.4, 0.5) is 0 Å². The number of benzene rings is 1. The number of hydrogen-bond acceptors (Lipinski definition) is 5. The zero-order valence-corrected chi connectivity index (χ0v) is 17.8. The summed E-state index contributed by atoms with van der Waals surface area (Å²) in [6, 6.07) is 9.63. The van der Waals surface area contributed by atoms with Crippen LogP contribution in [0.3, 0.4) is 0 Å². The molecule has 0 radical (unpaired) electrons. The molecule has 0 amide bonds. The predicted octanol–water partition coefficient (Wildman–Crippen LogP) is 3.62. The van der Waals surface area contributed by atoms with Crippen LogP contribution < -0.4 is 10.9 Å². The van der Waals surface area contributed by atoms with Crippen LogP contribution in [-0.4, -0.2) is 40.0 Å². The normalized spacial score (nSPS) is 29.1. The standard InChI is InChI=1S/C23H30ClN5/c1-16-25-12-17(13-26-16)14-29-11-8-21-20(15-29)22(28-27-21)23(9-2-3-10-23)18-4-6-19(24)7-5-18/h4-7,12-13,20-22,27-28H,2-3,8-11,14-15H2,1H3. The van der Waals surface area contributed by atoms with Crippen molar-refractivity contribution in [3.05, 3.63) is 58.6 Å². The van der Waals surface area contributed by atoms with E-state index >= 15 is 0 Å². The summed E-state index contributed by atoms with van der Waals surface area (Å²) in [6.45, 7) is 5.10. The lowest BCUT2D eigenvalue weighted by molar-refractivity contribution is 0.127. The summed E-state index contributed by atoms with van der Waals surface area (Å²) in [5.41, 5.74) is 10.3.